The van der Waals surface area contributed by atoms with E-state index >= 15 is 0 Å². The van der Waals surface area contributed by atoms with Crippen LogP contribution in [-0.4, -0.2) is 101 Å². The molecule has 73 heavy (non-hydrogen) atoms. The van der Waals surface area contributed by atoms with Crippen LogP contribution in [0, 0.1) is 11.8 Å². The van der Waals surface area contributed by atoms with Gasteiger partial charge in [-0.15, -0.1) is 0 Å². The number of hydrogen-bond acceptors (Lipinski definition) is 19. The van der Waals surface area contributed by atoms with Gasteiger partial charge in [0, 0.05) is 19.6 Å². The van der Waals surface area contributed by atoms with Crippen molar-refractivity contribution in [3.05, 3.63) is 120 Å². The summed E-state index contributed by atoms with van der Waals surface area (Å²) in [4.78, 5) is 101. The molecule has 0 aliphatic heterocycles. The van der Waals surface area contributed by atoms with E-state index in [9.17, 15) is 38.4 Å². The molecule has 1 aliphatic rings. The molecule has 0 radical (unpaired) electrons. The highest BCUT2D eigenvalue weighted by atomic mass is 16.6. The molecule has 0 aromatic heterocycles. The van der Waals surface area contributed by atoms with Crippen LogP contribution in [0.4, 0.5) is 0 Å². The van der Waals surface area contributed by atoms with E-state index in [-0.39, 0.29) is 96.7 Å². The van der Waals surface area contributed by atoms with Crippen molar-refractivity contribution in [2.24, 2.45) is 11.8 Å². The fraction of sp³-hybridized carbons (Fsp3) is 0.370. The summed E-state index contributed by atoms with van der Waals surface area (Å²) in [5, 5.41) is 0. The minimum atomic E-state index is -0.851. The summed E-state index contributed by atoms with van der Waals surface area (Å²) in [7, 11) is 1.15. The molecular formula is C54H58O19. The lowest BCUT2D eigenvalue weighted by molar-refractivity contribution is -0.145. The smallest absolute Gasteiger partial charge is 0.343 e. The van der Waals surface area contributed by atoms with Crippen LogP contribution >= 0.6 is 0 Å². The lowest BCUT2D eigenvalue weighted by Crippen LogP contribution is -2.30. The van der Waals surface area contributed by atoms with Crippen LogP contribution in [0.5, 0.6) is 34.5 Å². The average Bonchev–Trinajstić information content (AvgIpc) is 3.40. The zero-order valence-electron chi connectivity index (χ0n) is 40.9. The van der Waals surface area contributed by atoms with E-state index < -0.39 is 53.6 Å². The number of unbranched alkanes of at least 4 members (excludes halogenated alkanes) is 2. The number of rotatable bonds is 27. The third-order valence-electron chi connectivity index (χ3n) is 10.9. The van der Waals surface area contributed by atoms with Gasteiger partial charge in [0.1, 0.15) is 52.2 Å². The molecule has 0 unspecified atom stereocenters. The van der Waals surface area contributed by atoms with Crippen molar-refractivity contribution in [2.75, 3.05) is 53.4 Å². The summed E-state index contributed by atoms with van der Waals surface area (Å²) in [6.45, 7) is 8.17. The summed E-state index contributed by atoms with van der Waals surface area (Å²) >= 11 is 0. The number of esters is 8. The highest BCUT2D eigenvalue weighted by Crippen LogP contribution is 2.34. The van der Waals surface area contributed by atoms with Crippen molar-refractivity contribution in [3.63, 3.8) is 0 Å². The highest BCUT2D eigenvalue weighted by Gasteiger charge is 2.33. The Kier molecular flexibility index (Phi) is 22.4. The molecule has 4 aromatic rings. The van der Waals surface area contributed by atoms with Crippen LogP contribution in [0.15, 0.2) is 97.6 Å². The summed E-state index contributed by atoms with van der Waals surface area (Å²) in [6, 6.07) is 20.2. The summed E-state index contributed by atoms with van der Waals surface area (Å²) < 4.78 is 59.2. The molecular weight excluding hydrogens is 953 g/mol. The van der Waals surface area contributed by atoms with E-state index in [2.05, 4.69) is 6.58 Å². The molecule has 0 bridgehead atoms. The number of methoxy groups -OCH3 is 1. The van der Waals surface area contributed by atoms with E-state index in [1.54, 1.807) is 31.2 Å². The van der Waals surface area contributed by atoms with Crippen LogP contribution in [0.25, 0.3) is 0 Å². The summed E-state index contributed by atoms with van der Waals surface area (Å²) in [6.07, 6.45) is 4.66. The molecule has 1 aliphatic carbocycles. The quantitative estimate of drug-likeness (QED) is 0.0180. The molecule has 5 rings (SSSR count). The maximum Gasteiger partial charge on any atom is 0.343 e. The Hall–Kier alpha value is -8.06. The molecule has 0 atom stereocenters. The number of carbonyl (C=O) groups is 8. The molecule has 19 nitrogen and oxygen atoms in total. The van der Waals surface area contributed by atoms with Crippen molar-refractivity contribution in [1.29, 1.82) is 0 Å². The van der Waals surface area contributed by atoms with Crippen molar-refractivity contribution < 1.29 is 90.5 Å². The minimum Gasteiger partial charge on any atom is -0.494 e. The predicted octanol–water partition coefficient (Wildman–Crippen LogP) is 8.03. The van der Waals surface area contributed by atoms with Crippen molar-refractivity contribution in [3.8, 4) is 34.5 Å². The Morgan fingerprint density at radius 3 is 1.38 bits per heavy atom. The first-order valence-electron chi connectivity index (χ1n) is 23.7. The van der Waals surface area contributed by atoms with E-state index in [1.807, 2.05) is 0 Å². The number of carbonyl (C=O) groups excluding carboxylic acids is 8. The van der Waals surface area contributed by atoms with Crippen molar-refractivity contribution >= 4 is 47.8 Å². The van der Waals surface area contributed by atoms with Gasteiger partial charge < -0.3 is 52.1 Å². The number of benzene rings is 4. The van der Waals surface area contributed by atoms with Gasteiger partial charge >= 0.3 is 47.8 Å². The Labute approximate surface area is 421 Å². The SMILES string of the molecule is C=CC(=O)OCCCCOc1ccc(C(=O)Oc2ccc(OC(=O)C3CCC(C(=O)Oc4ccc(OC(=O)c5ccc(OCCCCOC(C)=O)cc5)c(C(=O)OCCOCC)c4)CC3)cc2C(=O)OC)cc1. The molecule has 0 amide bonds. The van der Waals surface area contributed by atoms with Gasteiger partial charge in [-0.05, 0) is 143 Å². The number of hydrogen-bond donors (Lipinski definition) is 0. The normalized spacial score (nSPS) is 13.8. The zero-order valence-corrected chi connectivity index (χ0v) is 40.9. The Balaban J connectivity index is 1.13. The highest BCUT2D eigenvalue weighted by molar-refractivity contribution is 5.98. The van der Waals surface area contributed by atoms with Gasteiger partial charge in [-0.3, -0.25) is 14.4 Å². The first kappa shape index (κ1) is 55.9. The first-order chi connectivity index (χ1) is 35.3. The Morgan fingerprint density at radius 1 is 0.507 bits per heavy atom. The molecule has 19 heteroatoms. The average molecular weight is 1010 g/mol. The second-order valence-electron chi connectivity index (χ2n) is 16.2. The van der Waals surface area contributed by atoms with Gasteiger partial charge in [0.25, 0.3) is 0 Å². The van der Waals surface area contributed by atoms with Crippen LogP contribution in [0.2, 0.25) is 0 Å². The molecule has 0 saturated heterocycles. The van der Waals surface area contributed by atoms with Gasteiger partial charge in [0.15, 0.2) is 0 Å². The second-order valence-corrected chi connectivity index (χ2v) is 16.2. The van der Waals surface area contributed by atoms with Gasteiger partial charge in [0.2, 0.25) is 0 Å². The van der Waals surface area contributed by atoms with Crippen molar-refractivity contribution in [2.45, 2.75) is 65.2 Å². The largest absolute Gasteiger partial charge is 0.494 e. The fourth-order valence-electron chi connectivity index (χ4n) is 7.06. The zero-order chi connectivity index (χ0) is 52.5. The molecule has 1 fully saturated rings. The molecule has 0 spiro atoms. The Bertz CT molecular complexity index is 2540. The monoisotopic (exact) mass is 1010 g/mol. The second kappa shape index (κ2) is 29.3. The van der Waals surface area contributed by atoms with Crippen LogP contribution < -0.4 is 28.4 Å². The van der Waals surface area contributed by atoms with Gasteiger partial charge in [-0.1, -0.05) is 6.58 Å². The summed E-state index contributed by atoms with van der Waals surface area (Å²) in [5.74, 6) is -5.78. The first-order valence-corrected chi connectivity index (χ1v) is 23.7. The van der Waals surface area contributed by atoms with Crippen LogP contribution in [0.1, 0.15) is 107 Å². The van der Waals surface area contributed by atoms with Gasteiger partial charge in [-0.2, -0.15) is 0 Å². The third-order valence-corrected chi connectivity index (χ3v) is 10.9. The van der Waals surface area contributed by atoms with Crippen LogP contribution in [0.3, 0.4) is 0 Å². The summed E-state index contributed by atoms with van der Waals surface area (Å²) in [5.41, 5.74) is -0.0141. The fourth-order valence-corrected chi connectivity index (χ4v) is 7.06. The Morgan fingerprint density at radius 2 is 0.945 bits per heavy atom. The van der Waals surface area contributed by atoms with E-state index in [0.717, 1.165) is 13.2 Å². The van der Waals surface area contributed by atoms with Gasteiger partial charge in [-0.25, -0.2) is 24.0 Å². The van der Waals surface area contributed by atoms with Gasteiger partial charge in [0.05, 0.1) is 63.1 Å². The van der Waals surface area contributed by atoms with Crippen LogP contribution in [-0.2, 0) is 42.9 Å². The molecule has 0 heterocycles. The van der Waals surface area contributed by atoms with Crippen molar-refractivity contribution in [1.82, 2.24) is 0 Å². The third kappa shape index (κ3) is 18.2. The van der Waals surface area contributed by atoms with E-state index in [1.165, 1.54) is 67.6 Å². The standard InChI is InChI=1S/C54H58O19/c1-5-48(56)68-30-10-9-29-67-41-19-15-38(16-20-41)51(59)72-46-25-23-42(33-44(46)53(61)63-4)70-49(57)36-11-13-37(14-12-36)50(58)71-43-24-26-47(45(34-43)54(62)69-32-31-64-6-2)73-52(60)39-17-21-40(22-18-39)66-28-8-7-27-65-35(3)55/h5,15-26,33-34,36-37H,1,6-14,27-32H2,2-4H3. The van der Waals surface area contributed by atoms with E-state index in [4.69, 9.17) is 52.1 Å². The minimum absolute atomic E-state index is 0.00173. The van der Waals surface area contributed by atoms with E-state index in [0.29, 0.717) is 63.6 Å². The molecule has 1 saturated carbocycles. The molecule has 0 N–H and O–H groups in total. The lowest BCUT2D eigenvalue weighted by atomic mass is 9.82. The molecule has 4 aromatic carbocycles. The topological polar surface area (TPSA) is 238 Å². The maximum atomic E-state index is 13.4. The molecule has 388 valence electrons. The maximum absolute atomic E-state index is 13.4. The number of ether oxygens (including phenoxy) is 11. The predicted molar refractivity (Wildman–Crippen MR) is 258 cm³/mol. The lowest BCUT2D eigenvalue weighted by Gasteiger charge is -2.26.